The minimum atomic E-state index is -0.00962. The first-order chi connectivity index (χ1) is 19.1. The van der Waals surface area contributed by atoms with Crippen molar-refractivity contribution >= 4 is 28.7 Å². The topological polar surface area (TPSA) is 83.8 Å². The highest BCUT2D eigenvalue weighted by molar-refractivity contribution is 5.80. The van der Waals surface area contributed by atoms with Crippen LogP contribution in [-0.2, 0) is 29.1 Å². The van der Waals surface area contributed by atoms with Gasteiger partial charge in [-0.25, -0.2) is 9.97 Å². The van der Waals surface area contributed by atoms with Crippen LogP contribution in [0.25, 0.3) is 11.2 Å². The monoisotopic (exact) mass is 524 g/mol. The first kappa shape index (κ1) is 24.9. The predicted octanol–water partition coefficient (Wildman–Crippen LogP) is 3.13. The van der Waals surface area contributed by atoms with E-state index in [1.165, 1.54) is 11.1 Å². The third kappa shape index (κ3) is 5.16. The fraction of sp³-hybridized carbons (Fsp3) is 0.333. The summed E-state index contributed by atoms with van der Waals surface area (Å²) in [6.07, 6.45) is 4.23. The number of rotatable bonds is 6. The number of amides is 2. The van der Waals surface area contributed by atoms with E-state index in [2.05, 4.69) is 40.0 Å². The van der Waals surface area contributed by atoms with Gasteiger partial charge in [-0.3, -0.25) is 9.59 Å². The largest absolute Gasteiger partial charge is 0.484 e. The quantitative estimate of drug-likeness (QED) is 0.386. The maximum atomic E-state index is 13.3. The molecule has 1 fully saturated rings. The number of hydrogen-bond acceptors (Lipinski definition) is 6. The number of aromatic nitrogens is 3. The molecule has 9 heteroatoms. The number of hydrogen-bond donors (Lipinski definition) is 0. The van der Waals surface area contributed by atoms with Crippen LogP contribution in [0.15, 0.2) is 73.2 Å². The van der Waals surface area contributed by atoms with Crippen molar-refractivity contribution in [2.45, 2.75) is 32.5 Å². The molecule has 0 N–H and O–H groups in total. The highest BCUT2D eigenvalue weighted by atomic mass is 16.5. The number of ether oxygens (including phenoxy) is 1. The van der Waals surface area contributed by atoms with Crippen LogP contribution in [0.1, 0.15) is 18.1 Å². The Hall–Kier alpha value is -4.40. The van der Waals surface area contributed by atoms with Gasteiger partial charge in [-0.1, -0.05) is 30.3 Å². The summed E-state index contributed by atoms with van der Waals surface area (Å²) in [5.74, 6) is 0.754. The molecule has 4 heterocycles. The molecule has 2 aliphatic heterocycles. The lowest BCUT2D eigenvalue weighted by Gasteiger charge is -2.42. The van der Waals surface area contributed by atoms with Gasteiger partial charge in [-0.05, 0) is 54.8 Å². The summed E-state index contributed by atoms with van der Waals surface area (Å²) in [5, 5.41) is 0. The molecule has 6 rings (SSSR count). The molecule has 2 amide bonds. The van der Waals surface area contributed by atoms with E-state index in [-0.39, 0.29) is 31.0 Å². The highest BCUT2D eigenvalue weighted by Gasteiger charge is 2.31. The standard InChI is InChI=1S/C30H32N6O3/c1-22-17-33(15-16-36(22)28(37)19-35-21-32-26-10-6-13-31-30(26)35)27-11-5-7-23-12-14-34(18-25(23)27)29(38)20-39-24-8-3-2-4-9-24/h2-11,13,21-22H,12,14-20H2,1H3. The zero-order valence-electron chi connectivity index (χ0n) is 22.1. The lowest BCUT2D eigenvalue weighted by Crippen LogP contribution is -2.55. The lowest BCUT2D eigenvalue weighted by atomic mass is 9.96. The van der Waals surface area contributed by atoms with Crippen molar-refractivity contribution in [3.8, 4) is 5.75 Å². The van der Waals surface area contributed by atoms with E-state index in [0.717, 1.165) is 36.4 Å². The molecule has 1 saturated heterocycles. The van der Waals surface area contributed by atoms with E-state index < -0.39 is 0 Å². The molecule has 2 aromatic carbocycles. The van der Waals surface area contributed by atoms with Gasteiger partial charge in [-0.2, -0.15) is 0 Å². The molecule has 0 aliphatic carbocycles. The van der Waals surface area contributed by atoms with Crippen LogP contribution < -0.4 is 9.64 Å². The van der Waals surface area contributed by atoms with E-state index in [1.807, 2.05) is 56.8 Å². The summed E-state index contributed by atoms with van der Waals surface area (Å²) in [7, 11) is 0. The molecule has 200 valence electrons. The van der Waals surface area contributed by atoms with Crippen molar-refractivity contribution in [3.05, 3.63) is 84.3 Å². The summed E-state index contributed by atoms with van der Waals surface area (Å²) < 4.78 is 7.53. The van der Waals surface area contributed by atoms with E-state index in [1.54, 1.807) is 12.5 Å². The van der Waals surface area contributed by atoms with Crippen molar-refractivity contribution in [1.82, 2.24) is 24.3 Å². The third-order valence-electron chi connectivity index (χ3n) is 7.68. The number of fused-ring (bicyclic) bond motifs is 2. The zero-order valence-corrected chi connectivity index (χ0v) is 22.1. The normalized spacial score (nSPS) is 17.3. The Balaban J connectivity index is 1.11. The predicted molar refractivity (Wildman–Crippen MR) is 148 cm³/mol. The molecule has 9 nitrogen and oxygen atoms in total. The molecular formula is C30H32N6O3. The second kappa shape index (κ2) is 10.8. The number of pyridine rings is 1. The Kier molecular flexibility index (Phi) is 6.87. The smallest absolute Gasteiger partial charge is 0.260 e. The van der Waals surface area contributed by atoms with Crippen LogP contribution in [0, 0.1) is 0 Å². The van der Waals surface area contributed by atoms with E-state index in [4.69, 9.17) is 4.74 Å². The minimum absolute atomic E-state index is 0.00962. The van der Waals surface area contributed by atoms with Crippen molar-refractivity contribution in [3.63, 3.8) is 0 Å². The molecule has 39 heavy (non-hydrogen) atoms. The number of benzene rings is 2. The average Bonchev–Trinajstić information content (AvgIpc) is 3.38. The first-order valence-electron chi connectivity index (χ1n) is 13.4. The van der Waals surface area contributed by atoms with Gasteiger partial charge in [0, 0.05) is 50.6 Å². The molecule has 1 unspecified atom stereocenters. The highest BCUT2D eigenvalue weighted by Crippen LogP contribution is 2.31. The fourth-order valence-electron chi connectivity index (χ4n) is 5.62. The number of carbonyl (C=O) groups excluding carboxylic acids is 2. The summed E-state index contributed by atoms with van der Waals surface area (Å²) in [6, 6.07) is 19.6. The molecular weight excluding hydrogens is 492 g/mol. The van der Waals surface area contributed by atoms with Gasteiger partial charge in [0.2, 0.25) is 5.91 Å². The molecule has 2 aromatic heterocycles. The Bertz CT molecular complexity index is 1490. The number of nitrogens with zero attached hydrogens (tertiary/aromatic N) is 6. The Morgan fingerprint density at radius 2 is 1.82 bits per heavy atom. The Morgan fingerprint density at radius 3 is 2.67 bits per heavy atom. The van der Waals surface area contributed by atoms with Gasteiger partial charge in [0.1, 0.15) is 17.8 Å². The van der Waals surface area contributed by atoms with Gasteiger partial charge in [0.25, 0.3) is 5.91 Å². The summed E-state index contributed by atoms with van der Waals surface area (Å²) in [5.41, 5.74) is 5.14. The summed E-state index contributed by atoms with van der Waals surface area (Å²) in [6.45, 7) is 5.71. The number of para-hydroxylation sites is 1. The van der Waals surface area contributed by atoms with Crippen LogP contribution >= 0.6 is 0 Å². The molecule has 0 spiro atoms. The zero-order chi connectivity index (χ0) is 26.8. The van der Waals surface area contributed by atoms with E-state index in [0.29, 0.717) is 25.4 Å². The third-order valence-corrected chi connectivity index (χ3v) is 7.68. The molecule has 0 bridgehead atoms. The second-order valence-corrected chi connectivity index (χ2v) is 10.2. The summed E-state index contributed by atoms with van der Waals surface area (Å²) >= 11 is 0. The van der Waals surface area contributed by atoms with Crippen LogP contribution in [0.4, 0.5) is 5.69 Å². The van der Waals surface area contributed by atoms with Crippen molar-refractivity contribution in [2.24, 2.45) is 0 Å². The SMILES string of the molecule is CC1CN(c2cccc3c2CN(C(=O)COc2ccccc2)CC3)CCN1C(=O)Cn1cnc2cccnc21. The first-order valence-corrected chi connectivity index (χ1v) is 13.4. The maximum Gasteiger partial charge on any atom is 0.260 e. The Labute approximate surface area is 227 Å². The van der Waals surface area contributed by atoms with Crippen molar-refractivity contribution < 1.29 is 14.3 Å². The van der Waals surface area contributed by atoms with Crippen molar-refractivity contribution in [2.75, 3.05) is 37.7 Å². The van der Waals surface area contributed by atoms with Crippen LogP contribution in [0.5, 0.6) is 5.75 Å². The van der Waals surface area contributed by atoms with Crippen LogP contribution in [0.3, 0.4) is 0 Å². The number of carbonyl (C=O) groups is 2. The summed E-state index contributed by atoms with van der Waals surface area (Å²) in [4.78, 5) is 41.2. The Morgan fingerprint density at radius 1 is 0.949 bits per heavy atom. The minimum Gasteiger partial charge on any atom is -0.484 e. The molecule has 4 aromatic rings. The van der Waals surface area contributed by atoms with Gasteiger partial charge >= 0.3 is 0 Å². The van der Waals surface area contributed by atoms with Crippen molar-refractivity contribution in [1.29, 1.82) is 0 Å². The number of anilines is 1. The molecule has 0 saturated carbocycles. The van der Waals surface area contributed by atoms with E-state index in [9.17, 15) is 9.59 Å². The fourth-order valence-corrected chi connectivity index (χ4v) is 5.62. The van der Waals surface area contributed by atoms with Gasteiger partial charge in [-0.15, -0.1) is 0 Å². The average molecular weight is 525 g/mol. The van der Waals surface area contributed by atoms with Gasteiger partial charge < -0.3 is 24.0 Å². The molecule has 0 radical (unpaired) electrons. The lowest BCUT2D eigenvalue weighted by molar-refractivity contribution is -0.135. The number of imidazole rings is 1. The van der Waals surface area contributed by atoms with E-state index >= 15 is 0 Å². The molecule has 1 atom stereocenters. The van der Waals surface area contributed by atoms with Crippen LogP contribution in [0.2, 0.25) is 0 Å². The number of piperazine rings is 1. The second-order valence-electron chi connectivity index (χ2n) is 10.2. The molecule has 2 aliphatic rings. The van der Waals surface area contributed by atoms with Gasteiger partial charge in [0.05, 0.1) is 6.33 Å². The van der Waals surface area contributed by atoms with Gasteiger partial charge in [0.15, 0.2) is 12.3 Å². The maximum absolute atomic E-state index is 13.3. The van der Waals surface area contributed by atoms with Crippen LogP contribution in [-0.4, -0.2) is 75.0 Å².